The highest BCUT2D eigenvalue weighted by Gasteiger charge is 2.37. The van der Waals surface area contributed by atoms with Gasteiger partial charge < -0.3 is 20.0 Å². The zero-order valence-corrected chi connectivity index (χ0v) is 24.0. The van der Waals surface area contributed by atoms with Gasteiger partial charge in [0.05, 0.1) is 22.7 Å². The maximum Gasteiger partial charge on any atom is 0.416 e. The Balaban J connectivity index is 1.83. The molecule has 2 heterocycles. The summed E-state index contributed by atoms with van der Waals surface area (Å²) in [7, 11) is 1.45. The molecule has 232 valence electrons. The van der Waals surface area contributed by atoms with Crippen LogP contribution in [0, 0.1) is 12.5 Å². The lowest BCUT2D eigenvalue weighted by molar-refractivity contribution is -0.143. The average molecular weight is 610 g/mol. The maximum absolute atomic E-state index is 13.6. The summed E-state index contributed by atoms with van der Waals surface area (Å²) >= 11 is 0. The summed E-state index contributed by atoms with van der Waals surface area (Å²) < 4.78 is 87.5. The van der Waals surface area contributed by atoms with Gasteiger partial charge in [0.2, 0.25) is 0 Å². The third-order valence-corrected chi connectivity index (χ3v) is 7.21. The summed E-state index contributed by atoms with van der Waals surface area (Å²) in [4.78, 5) is 8.38. The Bertz CT molecular complexity index is 1440. The Morgan fingerprint density at radius 3 is 2.33 bits per heavy atom. The van der Waals surface area contributed by atoms with Crippen LogP contribution in [0.15, 0.2) is 52.7 Å². The number of ether oxygens (including phenoxy) is 1. The second-order valence-corrected chi connectivity index (χ2v) is 10.3. The van der Waals surface area contributed by atoms with Crippen LogP contribution in [0.25, 0.3) is 10.9 Å². The Labute approximate surface area is 245 Å². The number of benzene rings is 2. The van der Waals surface area contributed by atoms with Gasteiger partial charge in [-0.15, -0.1) is 10.2 Å². The van der Waals surface area contributed by atoms with Crippen LogP contribution in [0.3, 0.4) is 0 Å². The first kappa shape index (κ1) is 32.0. The van der Waals surface area contributed by atoms with E-state index in [1.807, 2.05) is 43.0 Å². The van der Waals surface area contributed by atoms with E-state index in [0.29, 0.717) is 43.2 Å². The zero-order chi connectivity index (χ0) is 31.4. The number of alkyl halides is 6. The predicted molar refractivity (Wildman–Crippen MR) is 151 cm³/mol. The number of para-hydroxylation sites is 1. The fraction of sp³-hybridized carbons (Fsp3) is 0.448. The van der Waals surface area contributed by atoms with Crippen LogP contribution in [-0.2, 0) is 30.2 Å². The number of halogens is 6. The van der Waals surface area contributed by atoms with E-state index in [0.717, 1.165) is 29.3 Å². The first-order chi connectivity index (χ1) is 20.3. The predicted octanol–water partition coefficient (Wildman–Crippen LogP) is 7.11. The number of likely N-dealkylation sites (N-methyl/N-ethyl adjacent to an activating group) is 1. The van der Waals surface area contributed by atoms with Gasteiger partial charge in [0.15, 0.2) is 0 Å². The summed E-state index contributed by atoms with van der Waals surface area (Å²) in [6.07, 6.45) is -8.18. The molecule has 8 nitrogen and oxygen atoms in total. The molecule has 0 radical (unpaired) electrons. The van der Waals surface area contributed by atoms with E-state index in [1.54, 1.807) is 0 Å². The molecule has 0 saturated carbocycles. The summed E-state index contributed by atoms with van der Waals surface area (Å²) in [6.45, 7) is 5.18. The van der Waals surface area contributed by atoms with Crippen LogP contribution >= 0.6 is 0 Å². The van der Waals surface area contributed by atoms with E-state index in [4.69, 9.17) is 15.3 Å². The number of aromatic nitrogens is 1. The number of aryl methyl sites for hydroxylation is 1. The van der Waals surface area contributed by atoms with Gasteiger partial charge in [-0.05, 0) is 62.1 Å². The Hall–Kier alpha value is -3.94. The molecule has 0 spiro atoms. The van der Waals surface area contributed by atoms with Gasteiger partial charge in [0.25, 0.3) is 5.96 Å². The van der Waals surface area contributed by atoms with Gasteiger partial charge in [-0.25, -0.2) is 10.5 Å². The van der Waals surface area contributed by atoms with Crippen LogP contribution in [-0.4, -0.2) is 48.7 Å². The van der Waals surface area contributed by atoms with Crippen molar-refractivity contribution in [3.8, 4) is 0 Å². The van der Waals surface area contributed by atoms with Gasteiger partial charge in [0.1, 0.15) is 5.82 Å². The number of fused-ring (bicyclic) bond motifs is 1. The summed E-state index contributed by atoms with van der Waals surface area (Å²) in [5.41, 5.74) is 9.42. The number of hydrazone groups is 1. The molecule has 3 aromatic rings. The van der Waals surface area contributed by atoms with Gasteiger partial charge in [-0.3, -0.25) is 0 Å². The van der Waals surface area contributed by atoms with Crippen molar-refractivity contribution in [1.29, 1.82) is 5.53 Å². The number of guanidine groups is 1. The van der Waals surface area contributed by atoms with Crippen LogP contribution < -0.4 is 10.3 Å². The summed E-state index contributed by atoms with van der Waals surface area (Å²) in [5, 5.41) is 8.21. The number of rotatable bonds is 9. The molecule has 0 amide bonds. The van der Waals surface area contributed by atoms with Crippen molar-refractivity contribution in [3.63, 3.8) is 0 Å². The van der Waals surface area contributed by atoms with E-state index in [-0.39, 0.29) is 30.2 Å². The molecule has 1 aliphatic heterocycles. The van der Waals surface area contributed by atoms with Crippen molar-refractivity contribution >= 4 is 22.7 Å². The summed E-state index contributed by atoms with van der Waals surface area (Å²) in [5.74, 6) is 0.365. The van der Waals surface area contributed by atoms with Crippen molar-refractivity contribution in [2.45, 2.75) is 58.2 Å². The Kier molecular flexibility index (Phi) is 9.78. The molecule has 43 heavy (non-hydrogen) atoms. The SMILES string of the molecule is CCN(C[C@H]1CCCO1)c1nc2c(C)cccc2cc1CN(Cc1cc(C(F)(F)F)cc(C(F)(F)F)c1)/C(N=N)=N/NC. The van der Waals surface area contributed by atoms with Crippen molar-refractivity contribution in [2.75, 3.05) is 31.6 Å². The smallest absolute Gasteiger partial charge is 0.376 e. The van der Waals surface area contributed by atoms with Crippen LogP contribution in [0.4, 0.5) is 32.2 Å². The highest BCUT2D eigenvalue weighted by atomic mass is 19.4. The largest absolute Gasteiger partial charge is 0.416 e. The molecule has 1 aliphatic rings. The molecule has 4 rings (SSSR count). The third kappa shape index (κ3) is 7.72. The number of nitrogens with zero attached hydrogens (tertiary/aromatic N) is 5. The molecule has 1 fully saturated rings. The average Bonchev–Trinajstić information content (AvgIpc) is 3.46. The van der Waals surface area contributed by atoms with Crippen molar-refractivity contribution < 1.29 is 31.1 Å². The minimum atomic E-state index is -5.00. The first-order valence-electron chi connectivity index (χ1n) is 13.7. The van der Waals surface area contributed by atoms with Gasteiger partial charge >= 0.3 is 12.4 Å². The number of hydrogen-bond donors (Lipinski definition) is 2. The van der Waals surface area contributed by atoms with Crippen LogP contribution in [0.1, 0.15) is 47.6 Å². The van der Waals surface area contributed by atoms with E-state index in [2.05, 4.69) is 15.6 Å². The quantitative estimate of drug-likeness (QED) is 0.0888. The second kappa shape index (κ2) is 13.1. The van der Waals surface area contributed by atoms with Crippen LogP contribution in [0.2, 0.25) is 0 Å². The van der Waals surface area contributed by atoms with E-state index < -0.39 is 30.0 Å². The standard InChI is InChI=1S/C29H33F6N7O/c1-4-41(17-24-9-6-10-43-24)26-21(13-20-8-5-7-18(2)25(20)38-26)16-42(27(39-36)40-37-3)15-19-11-22(28(30,31)32)14-23(12-19)29(33,34)35/h5,7-8,11-14,24,36-37H,4,6,9-10,15-17H2,1-3H3/b39-36?,40-27+/t24-/m1/s1. The minimum Gasteiger partial charge on any atom is -0.376 e. The minimum absolute atomic E-state index is 0.00572. The first-order valence-corrected chi connectivity index (χ1v) is 13.7. The lowest BCUT2D eigenvalue weighted by atomic mass is 10.0. The highest BCUT2D eigenvalue weighted by Crippen LogP contribution is 2.37. The monoisotopic (exact) mass is 609 g/mol. The molecular formula is C29H33F6N7O. The second-order valence-electron chi connectivity index (χ2n) is 10.3. The van der Waals surface area contributed by atoms with Crippen LogP contribution in [0.5, 0.6) is 0 Å². The van der Waals surface area contributed by atoms with E-state index in [1.165, 1.54) is 11.9 Å². The molecule has 0 bridgehead atoms. The zero-order valence-electron chi connectivity index (χ0n) is 24.0. The molecule has 2 aromatic carbocycles. The summed E-state index contributed by atoms with van der Waals surface area (Å²) in [6, 6.07) is 9.00. The molecule has 1 saturated heterocycles. The fourth-order valence-electron chi connectivity index (χ4n) is 5.17. The fourth-order valence-corrected chi connectivity index (χ4v) is 5.17. The highest BCUT2D eigenvalue weighted by molar-refractivity contribution is 5.85. The van der Waals surface area contributed by atoms with E-state index in [9.17, 15) is 26.3 Å². The van der Waals surface area contributed by atoms with Gasteiger partial charge in [0, 0.05) is 50.8 Å². The third-order valence-electron chi connectivity index (χ3n) is 7.21. The molecule has 1 atom stereocenters. The van der Waals surface area contributed by atoms with Crippen molar-refractivity contribution in [3.05, 3.63) is 70.3 Å². The molecule has 2 N–H and O–H groups in total. The molecule has 0 aliphatic carbocycles. The molecule has 0 unspecified atom stereocenters. The Morgan fingerprint density at radius 1 is 1.07 bits per heavy atom. The lowest BCUT2D eigenvalue weighted by Crippen LogP contribution is -2.35. The topological polar surface area (TPSA) is 89.2 Å². The number of hydrogen-bond acceptors (Lipinski definition) is 6. The lowest BCUT2D eigenvalue weighted by Gasteiger charge is -2.30. The molecular weight excluding hydrogens is 576 g/mol. The Morgan fingerprint density at radius 2 is 1.77 bits per heavy atom. The van der Waals surface area contributed by atoms with Gasteiger partial charge in [-0.2, -0.15) is 26.3 Å². The van der Waals surface area contributed by atoms with Gasteiger partial charge in [-0.1, -0.05) is 18.2 Å². The van der Waals surface area contributed by atoms with E-state index >= 15 is 0 Å². The molecule has 1 aromatic heterocycles. The number of pyridine rings is 1. The molecule has 14 heteroatoms. The maximum atomic E-state index is 13.6. The number of nitrogens with one attached hydrogen (secondary N) is 2. The number of anilines is 1. The van der Waals surface area contributed by atoms with Crippen molar-refractivity contribution in [1.82, 2.24) is 15.3 Å². The van der Waals surface area contributed by atoms with Crippen molar-refractivity contribution in [2.24, 2.45) is 10.2 Å². The normalized spacial score (nSPS) is 16.0.